The zero-order valence-electron chi connectivity index (χ0n) is 15.2. The van der Waals surface area contributed by atoms with E-state index in [-0.39, 0.29) is 23.3 Å². The lowest BCUT2D eigenvalue weighted by molar-refractivity contribution is -0.131. The number of hydrogen-bond acceptors (Lipinski definition) is 5. The van der Waals surface area contributed by atoms with Gasteiger partial charge in [0.25, 0.3) is 0 Å². The first-order valence-electron chi connectivity index (χ1n) is 9.17. The van der Waals surface area contributed by atoms with E-state index in [4.69, 9.17) is 0 Å². The highest BCUT2D eigenvalue weighted by Crippen LogP contribution is 2.26. The van der Waals surface area contributed by atoms with Gasteiger partial charge in [-0.3, -0.25) is 9.20 Å². The molecule has 1 amide bonds. The molecule has 0 saturated carbocycles. The van der Waals surface area contributed by atoms with Gasteiger partial charge >= 0.3 is 0 Å². The average Bonchev–Trinajstić information content (AvgIpc) is 3.17. The van der Waals surface area contributed by atoms with Crippen LogP contribution in [0.2, 0.25) is 0 Å². The minimum atomic E-state index is -3.70. The molecule has 1 atom stereocenters. The summed E-state index contributed by atoms with van der Waals surface area (Å²) >= 11 is 0. The smallest absolute Gasteiger partial charge is 0.241 e. The molecule has 0 spiro atoms. The quantitative estimate of drug-likeness (QED) is 0.700. The van der Waals surface area contributed by atoms with Crippen LogP contribution in [0.5, 0.6) is 0 Å². The summed E-state index contributed by atoms with van der Waals surface area (Å²) in [6.45, 7) is 0.852. The van der Waals surface area contributed by atoms with Crippen molar-refractivity contribution in [3.05, 3.63) is 60.6 Å². The van der Waals surface area contributed by atoms with Gasteiger partial charge in [-0.15, -0.1) is 10.2 Å². The number of likely N-dealkylation sites (tertiary alicyclic amines) is 1. The van der Waals surface area contributed by atoms with Crippen molar-refractivity contribution in [2.24, 2.45) is 0 Å². The van der Waals surface area contributed by atoms with Gasteiger partial charge in [0.1, 0.15) is 5.82 Å². The van der Waals surface area contributed by atoms with Crippen molar-refractivity contribution < 1.29 is 13.2 Å². The third kappa shape index (κ3) is 3.76. The number of rotatable bonds is 5. The zero-order chi connectivity index (χ0) is 19.6. The van der Waals surface area contributed by atoms with Gasteiger partial charge in [-0.2, -0.15) is 0 Å². The van der Waals surface area contributed by atoms with Crippen LogP contribution in [0.15, 0.2) is 59.6 Å². The van der Waals surface area contributed by atoms with Crippen LogP contribution in [0.3, 0.4) is 0 Å². The molecule has 1 aliphatic rings. The molecule has 146 valence electrons. The molecule has 0 aliphatic carbocycles. The molecule has 28 heavy (non-hydrogen) atoms. The van der Waals surface area contributed by atoms with E-state index in [0.717, 1.165) is 24.3 Å². The molecule has 3 aromatic rings. The fraction of sp³-hybridized carbons (Fsp3) is 0.316. The second-order valence-electron chi connectivity index (χ2n) is 6.80. The Morgan fingerprint density at radius 2 is 1.89 bits per heavy atom. The molecule has 1 saturated heterocycles. The first-order chi connectivity index (χ1) is 13.5. The normalized spacial score (nSPS) is 17.7. The summed E-state index contributed by atoms with van der Waals surface area (Å²) in [5.74, 6) is 0.664. The number of aromatic nitrogens is 3. The summed E-state index contributed by atoms with van der Waals surface area (Å²) in [6.07, 6.45) is 3.66. The maximum absolute atomic E-state index is 12.6. The van der Waals surface area contributed by atoms with Gasteiger partial charge in [0.05, 0.1) is 11.4 Å². The van der Waals surface area contributed by atoms with E-state index in [1.165, 1.54) is 12.1 Å². The lowest BCUT2D eigenvalue weighted by Crippen LogP contribution is -2.44. The minimum Gasteiger partial charge on any atom is -0.341 e. The first-order valence-corrected chi connectivity index (χ1v) is 10.6. The highest BCUT2D eigenvalue weighted by atomic mass is 32.2. The van der Waals surface area contributed by atoms with E-state index in [1.807, 2.05) is 28.8 Å². The van der Waals surface area contributed by atoms with Gasteiger partial charge in [-0.05, 0) is 37.1 Å². The van der Waals surface area contributed by atoms with Gasteiger partial charge in [0.2, 0.25) is 15.9 Å². The van der Waals surface area contributed by atoms with Crippen molar-refractivity contribution in [2.75, 3.05) is 19.6 Å². The molecule has 0 bridgehead atoms. The van der Waals surface area contributed by atoms with Crippen LogP contribution in [0.4, 0.5) is 0 Å². The fourth-order valence-electron chi connectivity index (χ4n) is 3.50. The Hall–Kier alpha value is -2.78. The summed E-state index contributed by atoms with van der Waals surface area (Å²) < 4.78 is 29.0. The van der Waals surface area contributed by atoms with Crippen molar-refractivity contribution >= 4 is 21.6 Å². The lowest BCUT2D eigenvalue weighted by Gasteiger charge is -2.32. The second-order valence-corrected chi connectivity index (χ2v) is 8.57. The molecule has 1 fully saturated rings. The van der Waals surface area contributed by atoms with Crippen molar-refractivity contribution in [1.82, 2.24) is 24.2 Å². The number of sulfonamides is 1. The van der Waals surface area contributed by atoms with E-state index in [0.29, 0.717) is 13.1 Å². The summed E-state index contributed by atoms with van der Waals surface area (Å²) in [4.78, 5) is 14.5. The Kier molecular flexibility index (Phi) is 5.10. The summed E-state index contributed by atoms with van der Waals surface area (Å²) in [7, 11) is -3.70. The number of benzene rings is 1. The summed E-state index contributed by atoms with van der Waals surface area (Å²) in [5, 5.41) is 8.48. The molecule has 1 N–H and O–H groups in total. The monoisotopic (exact) mass is 399 g/mol. The molecule has 4 rings (SSSR count). The maximum Gasteiger partial charge on any atom is 0.241 e. The predicted molar refractivity (Wildman–Crippen MR) is 103 cm³/mol. The van der Waals surface area contributed by atoms with Crippen LogP contribution in [0, 0.1) is 0 Å². The number of amides is 1. The zero-order valence-corrected chi connectivity index (χ0v) is 16.0. The van der Waals surface area contributed by atoms with Crippen LogP contribution >= 0.6 is 0 Å². The Labute approximate surface area is 163 Å². The summed E-state index contributed by atoms with van der Waals surface area (Å²) in [5.41, 5.74) is 0.775. The average molecular weight is 399 g/mol. The summed E-state index contributed by atoms with van der Waals surface area (Å²) in [6, 6.07) is 13.8. The van der Waals surface area contributed by atoms with E-state index in [1.54, 1.807) is 23.1 Å². The molecule has 1 aromatic carbocycles. The van der Waals surface area contributed by atoms with Gasteiger partial charge in [-0.25, -0.2) is 13.1 Å². The number of pyridine rings is 1. The number of carbonyl (C=O) groups excluding carboxylic acids is 1. The van der Waals surface area contributed by atoms with Crippen molar-refractivity contribution in [3.63, 3.8) is 0 Å². The number of carbonyl (C=O) groups is 1. The first kappa shape index (κ1) is 18.6. The van der Waals surface area contributed by atoms with E-state index < -0.39 is 10.0 Å². The molecule has 1 aliphatic heterocycles. The Bertz CT molecular complexity index is 1080. The third-order valence-corrected chi connectivity index (χ3v) is 6.36. The molecule has 9 heteroatoms. The highest BCUT2D eigenvalue weighted by molar-refractivity contribution is 7.89. The standard InChI is InChI=1S/C19H21N5O3S/c25-18(13-20-28(26,27)16-8-2-1-3-9-16)23-11-6-7-15(14-23)19-22-21-17-10-4-5-12-24(17)19/h1-5,8-10,12,15,20H,6-7,11,13-14H2. The predicted octanol–water partition coefficient (Wildman–Crippen LogP) is 1.41. The largest absolute Gasteiger partial charge is 0.341 e. The van der Waals surface area contributed by atoms with Crippen LogP contribution < -0.4 is 4.72 Å². The minimum absolute atomic E-state index is 0.0702. The Morgan fingerprint density at radius 3 is 2.71 bits per heavy atom. The van der Waals surface area contributed by atoms with Crippen LogP contribution in [0.25, 0.3) is 5.65 Å². The van der Waals surface area contributed by atoms with Gasteiger partial charge in [-0.1, -0.05) is 24.3 Å². The van der Waals surface area contributed by atoms with Crippen LogP contribution in [-0.4, -0.2) is 53.5 Å². The van der Waals surface area contributed by atoms with Gasteiger partial charge in [0.15, 0.2) is 5.65 Å². The van der Waals surface area contributed by atoms with Crippen molar-refractivity contribution in [1.29, 1.82) is 0 Å². The Morgan fingerprint density at radius 1 is 1.11 bits per heavy atom. The number of nitrogens with one attached hydrogen (secondary N) is 1. The molecule has 8 nitrogen and oxygen atoms in total. The fourth-order valence-corrected chi connectivity index (χ4v) is 4.50. The molecule has 3 heterocycles. The van der Waals surface area contributed by atoms with Crippen molar-refractivity contribution in [3.8, 4) is 0 Å². The molecule has 2 aromatic heterocycles. The second kappa shape index (κ2) is 7.69. The van der Waals surface area contributed by atoms with E-state index in [9.17, 15) is 13.2 Å². The number of hydrogen-bond donors (Lipinski definition) is 1. The van der Waals surface area contributed by atoms with Crippen LogP contribution in [-0.2, 0) is 14.8 Å². The molecular weight excluding hydrogens is 378 g/mol. The van der Waals surface area contributed by atoms with Gasteiger partial charge < -0.3 is 4.90 Å². The molecule has 1 unspecified atom stereocenters. The SMILES string of the molecule is O=C(CNS(=O)(=O)c1ccccc1)N1CCCC(c2nnc3ccccn23)C1. The number of fused-ring (bicyclic) bond motifs is 1. The van der Waals surface area contributed by atoms with Crippen molar-refractivity contribution in [2.45, 2.75) is 23.7 Å². The topological polar surface area (TPSA) is 96.7 Å². The molecule has 0 radical (unpaired) electrons. The molecular formula is C19H21N5O3S. The maximum atomic E-state index is 12.6. The van der Waals surface area contributed by atoms with Gasteiger partial charge in [0, 0.05) is 25.2 Å². The van der Waals surface area contributed by atoms with E-state index >= 15 is 0 Å². The number of piperidine rings is 1. The highest BCUT2D eigenvalue weighted by Gasteiger charge is 2.28. The third-order valence-electron chi connectivity index (χ3n) is 4.95. The van der Waals surface area contributed by atoms with Crippen LogP contribution in [0.1, 0.15) is 24.6 Å². The Balaban J connectivity index is 1.42. The number of nitrogens with zero attached hydrogens (tertiary/aromatic N) is 4. The lowest BCUT2D eigenvalue weighted by atomic mass is 9.97. The van der Waals surface area contributed by atoms with E-state index in [2.05, 4.69) is 14.9 Å².